The van der Waals surface area contributed by atoms with Crippen LogP contribution in [0.15, 0.2) is 6.33 Å². The molecular weight excluding hydrogens is 349 g/mol. The van der Waals surface area contributed by atoms with Gasteiger partial charge in [0.2, 0.25) is 5.28 Å². The molecule has 11 heteroatoms. The maximum absolute atomic E-state index is 11.3. The Hall–Kier alpha value is -1.68. The summed E-state index contributed by atoms with van der Waals surface area (Å²) in [4.78, 5) is 23.3. The number of carbonyl (C=O) groups is 1. The van der Waals surface area contributed by atoms with Gasteiger partial charge in [0, 0.05) is 0 Å². The van der Waals surface area contributed by atoms with Crippen LogP contribution in [-0.2, 0) is 4.74 Å². The molecule has 23 heavy (non-hydrogen) atoms. The number of halogens is 2. The highest BCUT2D eigenvalue weighted by atomic mass is 35.5. The number of aliphatic hydroxyl groups excluding tert-OH is 2. The van der Waals surface area contributed by atoms with E-state index in [0.717, 1.165) is 0 Å². The lowest BCUT2D eigenvalue weighted by Crippen LogP contribution is -2.43. The van der Waals surface area contributed by atoms with E-state index in [1.165, 1.54) is 13.4 Å². The van der Waals surface area contributed by atoms with Crippen LogP contribution in [0.1, 0.15) is 12.5 Å². The van der Waals surface area contributed by atoms with Crippen LogP contribution in [-0.4, -0.2) is 61.2 Å². The number of hydrogen-bond donors (Lipinski definition) is 3. The summed E-state index contributed by atoms with van der Waals surface area (Å²) in [6.07, 6.45) is -1.30. The number of ether oxygens (including phenoxy) is 1. The Bertz CT molecular complexity index is 754. The number of fused-ring (bicyclic) bond motifs is 1. The average molecular weight is 362 g/mol. The first kappa shape index (κ1) is 16.2. The highest BCUT2D eigenvalue weighted by molar-refractivity contribution is 6.35. The second-order valence-corrected chi connectivity index (χ2v) is 5.83. The predicted octanol–water partition coefficient (Wildman–Crippen LogP) is 0.524. The molecule has 2 aromatic heterocycles. The molecular formula is C12H13Cl2N5O4. The molecule has 9 nitrogen and oxygen atoms in total. The highest BCUT2D eigenvalue weighted by Crippen LogP contribution is 2.34. The fraction of sp³-hybridized carbons (Fsp3) is 0.500. The van der Waals surface area contributed by atoms with Crippen LogP contribution in [0.5, 0.6) is 0 Å². The number of aliphatic hydroxyl groups is 2. The normalized spacial score (nSPS) is 27.3. The minimum absolute atomic E-state index is 0.0541. The van der Waals surface area contributed by atoms with E-state index in [0.29, 0.717) is 11.2 Å². The Morgan fingerprint density at radius 2 is 2.13 bits per heavy atom. The molecule has 1 fully saturated rings. The highest BCUT2D eigenvalue weighted by Gasteiger charge is 2.44. The van der Waals surface area contributed by atoms with Crippen molar-refractivity contribution in [2.45, 2.75) is 30.7 Å². The lowest BCUT2D eigenvalue weighted by atomic mass is 10.2. The fourth-order valence-corrected chi connectivity index (χ4v) is 3.16. The minimum Gasteiger partial charge on any atom is -0.453 e. The van der Waals surface area contributed by atoms with E-state index in [9.17, 15) is 15.0 Å². The molecule has 124 valence electrons. The molecule has 0 spiro atoms. The minimum atomic E-state index is -1.16. The van der Waals surface area contributed by atoms with Crippen molar-refractivity contribution in [3.05, 3.63) is 16.8 Å². The molecule has 1 amide bonds. The van der Waals surface area contributed by atoms with Gasteiger partial charge in [-0.1, -0.05) is 11.6 Å². The summed E-state index contributed by atoms with van der Waals surface area (Å²) >= 11 is 11.8. The summed E-state index contributed by atoms with van der Waals surface area (Å²) in [5.74, 6) is 0. The monoisotopic (exact) mass is 361 g/mol. The van der Waals surface area contributed by atoms with Crippen LogP contribution < -0.4 is 5.32 Å². The molecule has 0 bridgehead atoms. The van der Waals surface area contributed by atoms with Crippen molar-refractivity contribution >= 4 is 40.5 Å². The Labute approximate surface area is 140 Å². The first-order chi connectivity index (χ1) is 10.9. The van der Waals surface area contributed by atoms with Gasteiger partial charge in [-0.25, -0.2) is 14.8 Å². The summed E-state index contributed by atoms with van der Waals surface area (Å²) in [7, 11) is 1.22. The van der Waals surface area contributed by atoms with Crippen molar-refractivity contribution in [3.63, 3.8) is 0 Å². The number of hydrogen-bond acceptors (Lipinski definition) is 7. The van der Waals surface area contributed by atoms with E-state index >= 15 is 0 Å². The lowest BCUT2D eigenvalue weighted by Gasteiger charge is -2.18. The number of nitrogens with one attached hydrogen (secondary N) is 1. The third kappa shape index (κ3) is 2.80. The van der Waals surface area contributed by atoms with E-state index in [-0.39, 0.29) is 16.9 Å². The van der Waals surface area contributed by atoms with Crippen LogP contribution in [0, 0.1) is 0 Å². The lowest BCUT2D eigenvalue weighted by molar-refractivity contribution is 0.0142. The SMILES string of the molecule is COC(=O)N[C@H]1C[C@@H](n2cnc3c(Cl)nc(Cl)nc32)C(O)C1O. The molecule has 1 saturated carbocycles. The van der Waals surface area contributed by atoms with E-state index < -0.39 is 30.4 Å². The van der Waals surface area contributed by atoms with Crippen molar-refractivity contribution in [2.75, 3.05) is 7.11 Å². The van der Waals surface area contributed by atoms with Gasteiger partial charge in [0.05, 0.1) is 25.5 Å². The van der Waals surface area contributed by atoms with E-state index in [2.05, 4.69) is 25.0 Å². The number of rotatable bonds is 2. The molecule has 1 aliphatic carbocycles. The zero-order valence-corrected chi connectivity index (χ0v) is 13.4. The number of nitrogens with zero attached hydrogens (tertiary/aromatic N) is 4. The van der Waals surface area contributed by atoms with Gasteiger partial charge in [0.1, 0.15) is 17.7 Å². The number of amides is 1. The Morgan fingerprint density at radius 3 is 2.83 bits per heavy atom. The topological polar surface area (TPSA) is 122 Å². The standard InChI is InChI=1S/C12H13Cl2N5O4/c1-23-12(22)16-4-2-5(8(21)7(4)20)19-3-15-6-9(13)17-11(14)18-10(6)19/h3-5,7-8,20-21H,2H2,1H3,(H,16,22)/t4-,5+,7?,8?/m0/s1. The Balaban J connectivity index is 1.94. The van der Waals surface area contributed by atoms with Crippen molar-refractivity contribution in [2.24, 2.45) is 0 Å². The Kier molecular flexibility index (Phi) is 4.28. The Morgan fingerprint density at radius 1 is 1.39 bits per heavy atom. The molecule has 2 unspecified atom stereocenters. The third-order valence-electron chi connectivity index (χ3n) is 3.85. The van der Waals surface area contributed by atoms with Gasteiger partial charge >= 0.3 is 6.09 Å². The van der Waals surface area contributed by atoms with Crippen molar-refractivity contribution in [3.8, 4) is 0 Å². The second kappa shape index (κ2) is 6.08. The first-order valence-electron chi connectivity index (χ1n) is 6.68. The third-order valence-corrected chi connectivity index (χ3v) is 4.28. The molecule has 3 N–H and O–H groups in total. The smallest absolute Gasteiger partial charge is 0.407 e. The van der Waals surface area contributed by atoms with E-state index in [4.69, 9.17) is 23.2 Å². The molecule has 0 saturated heterocycles. The molecule has 2 aromatic rings. The van der Waals surface area contributed by atoms with Gasteiger partial charge < -0.3 is 24.8 Å². The van der Waals surface area contributed by atoms with Crippen LogP contribution in [0.2, 0.25) is 10.4 Å². The van der Waals surface area contributed by atoms with Crippen LogP contribution in [0.3, 0.4) is 0 Å². The molecule has 2 heterocycles. The number of aromatic nitrogens is 4. The van der Waals surface area contributed by atoms with Gasteiger partial charge in [0.25, 0.3) is 0 Å². The van der Waals surface area contributed by atoms with Gasteiger partial charge in [0.15, 0.2) is 10.8 Å². The summed E-state index contributed by atoms with van der Waals surface area (Å²) in [5, 5.41) is 22.9. The number of imidazole rings is 1. The average Bonchev–Trinajstić information content (AvgIpc) is 3.03. The van der Waals surface area contributed by atoms with Crippen LogP contribution in [0.25, 0.3) is 11.2 Å². The van der Waals surface area contributed by atoms with Gasteiger partial charge in [-0.2, -0.15) is 4.98 Å². The predicted molar refractivity (Wildman–Crippen MR) is 80.3 cm³/mol. The van der Waals surface area contributed by atoms with Gasteiger partial charge in [-0.15, -0.1) is 0 Å². The molecule has 3 rings (SSSR count). The molecule has 1 aliphatic rings. The molecule has 0 aromatic carbocycles. The summed E-state index contributed by atoms with van der Waals surface area (Å²) in [6, 6.07) is -1.24. The number of carbonyl (C=O) groups excluding carboxylic acids is 1. The number of methoxy groups -OCH3 is 1. The second-order valence-electron chi connectivity index (χ2n) is 5.13. The van der Waals surface area contributed by atoms with Crippen LogP contribution >= 0.6 is 23.2 Å². The fourth-order valence-electron chi connectivity index (χ4n) is 2.74. The molecule has 4 atom stereocenters. The summed E-state index contributed by atoms with van der Waals surface area (Å²) < 4.78 is 6.06. The molecule has 0 radical (unpaired) electrons. The quantitative estimate of drug-likeness (QED) is 0.526. The van der Waals surface area contributed by atoms with Gasteiger partial charge in [-0.3, -0.25) is 0 Å². The summed E-state index contributed by atoms with van der Waals surface area (Å²) in [6.45, 7) is 0. The van der Waals surface area contributed by atoms with E-state index in [1.54, 1.807) is 4.57 Å². The maximum Gasteiger partial charge on any atom is 0.407 e. The zero-order chi connectivity index (χ0) is 16.7. The van der Waals surface area contributed by atoms with Crippen molar-refractivity contribution in [1.82, 2.24) is 24.8 Å². The van der Waals surface area contributed by atoms with E-state index in [1.807, 2.05) is 0 Å². The first-order valence-corrected chi connectivity index (χ1v) is 7.44. The molecule has 0 aliphatic heterocycles. The van der Waals surface area contributed by atoms with Crippen molar-refractivity contribution < 1.29 is 19.7 Å². The van der Waals surface area contributed by atoms with Crippen LogP contribution in [0.4, 0.5) is 4.79 Å². The maximum atomic E-state index is 11.3. The largest absolute Gasteiger partial charge is 0.453 e. The number of alkyl carbamates (subject to hydrolysis) is 1. The van der Waals surface area contributed by atoms with Gasteiger partial charge in [-0.05, 0) is 18.0 Å². The zero-order valence-electron chi connectivity index (χ0n) is 11.8. The van der Waals surface area contributed by atoms with Crippen molar-refractivity contribution in [1.29, 1.82) is 0 Å². The summed E-state index contributed by atoms with van der Waals surface area (Å²) in [5.41, 5.74) is 0.673.